The number of benzene rings is 1. The zero-order valence-electron chi connectivity index (χ0n) is 12.9. The molecule has 2 saturated carbocycles. The minimum absolute atomic E-state index is 0.874. The topological polar surface area (TPSA) is 12.0 Å². The van der Waals surface area contributed by atoms with Gasteiger partial charge in [-0.3, -0.25) is 0 Å². The molecule has 0 spiro atoms. The van der Waals surface area contributed by atoms with E-state index in [2.05, 4.69) is 36.5 Å². The maximum atomic E-state index is 3.69. The van der Waals surface area contributed by atoms with Crippen molar-refractivity contribution in [3.8, 4) is 0 Å². The van der Waals surface area contributed by atoms with Gasteiger partial charge in [0.25, 0.3) is 0 Å². The molecule has 1 heteroatoms. The number of hydrogen-bond donors (Lipinski definition) is 1. The Balaban J connectivity index is 1.40. The number of hydrogen-bond acceptors (Lipinski definition) is 1. The van der Waals surface area contributed by atoms with Gasteiger partial charge in [0.1, 0.15) is 0 Å². The Morgan fingerprint density at radius 2 is 1.75 bits per heavy atom. The minimum Gasteiger partial charge on any atom is -0.312 e. The lowest BCUT2D eigenvalue weighted by Crippen LogP contribution is -2.26. The van der Waals surface area contributed by atoms with Crippen LogP contribution in [0.1, 0.15) is 68.9 Å². The molecule has 0 amide bonds. The normalized spacial score (nSPS) is 26.6. The predicted octanol–water partition coefficient (Wildman–Crippen LogP) is 4.87. The summed E-state index contributed by atoms with van der Waals surface area (Å²) in [5.74, 6) is 2.81. The maximum Gasteiger partial charge on any atom is 0.0205 e. The standard InChI is InChI=1S/C19H29N/c1-2-15-6-8-16(9-7-15)13-20-14-17-4-3-5-19(12-17)18-10-11-18/h3-5,12,15-16,18,20H,2,6-11,13-14H2,1H3. The third kappa shape index (κ3) is 3.85. The van der Waals surface area contributed by atoms with Gasteiger partial charge in [-0.2, -0.15) is 0 Å². The van der Waals surface area contributed by atoms with Crippen molar-refractivity contribution in [2.45, 2.75) is 64.3 Å². The molecule has 0 heterocycles. The molecule has 2 aliphatic carbocycles. The van der Waals surface area contributed by atoms with Crippen molar-refractivity contribution in [2.24, 2.45) is 11.8 Å². The lowest BCUT2D eigenvalue weighted by atomic mass is 9.81. The van der Waals surface area contributed by atoms with Gasteiger partial charge in [-0.25, -0.2) is 0 Å². The smallest absolute Gasteiger partial charge is 0.0205 e. The van der Waals surface area contributed by atoms with E-state index in [-0.39, 0.29) is 0 Å². The highest BCUT2D eigenvalue weighted by molar-refractivity contribution is 5.29. The van der Waals surface area contributed by atoms with Crippen molar-refractivity contribution in [1.82, 2.24) is 5.32 Å². The largest absolute Gasteiger partial charge is 0.312 e. The zero-order chi connectivity index (χ0) is 13.8. The van der Waals surface area contributed by atoms with Crippen LogP contribution in [-0.4, -0.2) is 6.54 Å². The first-order chi connectivity index (χ1) is 9.85. The molecule has 0 aromatic heterocycles. The van der Waals surface area contributed by atoms with Crippen LogP contribution in [0.5, 0.6) is 0 Å². The van der Waals surface area contributed by atoms with E-state index < -0.39 is 0 Å². The summed E-state index contributed by atoms with van der Waals surface area (Å²) in [5, 5.41) is 3.69. The SMILES string of the molecule is CCC1CCC(CNCc2cccc(C3CC3)c2)CC1. The second-order valence-electron chi connectivity index (χ2n) is 6.95. The van der Waals surface area contributed by atoms with Crippen LogP contribution >= 0.6 is 0 Å². The van der Waals surface area contributed by atoms with Crippen LogP contribution in [0.15, 0.2) is 24.3 Å². The van der Waals surface area contributed by atoms with E-state index in [9.17, 15) is 0 Å². The van der Waals surface area contributed by atoms with E-state index in [0.29, 0.717) is 0 Å². The van der Waals surface area contributed by atoms with E-state index in [1.165, 1.54) is 57.1 Å². The highest BCUT2D eigenvalue weighted by Gasteiger charge is 2.23. The quantitative estimate of drug-likeness (QED) is 0.778. The molecule has 1 nitrogen and oxygen atoms in total. The highest BCUT2D eigenvalue weighted by atomic mass is 14.9. The van der Waals surface area contributed by atoms with Crippen molar-refractivity contribution in [3.05, 3.63) is 35.4 Å². The van der Waals surface area contributed by atoms with E-state index in [1.807, 2.05) is 0 Å². The number of rotatable bonds is 6. The molecule has 1 aromatic carbocycles. The minimum atomic E-state index is 0.874. The molecule has 0 saturated heterocycles. The van der Waals surface area contributed by atoms with Crippen LogP contribution in [0.4, 0.5) is 0 Å². The summed E-state index contributed by atoms with van der Waals surface area (Å²) in [7, 11) is 0. The summed E-state index contributed by atoms with van der Waals surface area (Å²) < 4.78 is 0. The second-order valence-corrected chi connectivity index (χ2v) is 6.95. The predicted molar refractivity (Wildman–Crippen MR) is 85.9 cm³/mol. The lowest BCUT2D eigenvalue weighted by Gasteiger charge is -2.28. The van der Waals surface area contributed by atoms with E-state index in [0.717, 1.165) is 24.3 Å². The molecule has 0 bridgehead atoms. The summed E-state index contributed by atoms with van der Waals surface area (Å²) >= 11 is 0. The van der Waals surface area contributed by atoms with Crippen LogP contribution in [0.3, 0.4) is 0 Å². The van der Waals surface area contributed by atoms with Gasteiger partial charge in [-0.1, -0.05) is 50.5 Å². The molecule has 0 unspecified atom stereocenters. The molecule has 20 heavy (non-hydrogen) atoms. The van der Waals surface area contributed by atoms with Gasteiger partial charge in [0.2, 0.25) is 0 Å². The van der Waals surface area contributed by atoms with Crippen LogP contribution in [0.25, 0.3) is 0 Å². The Morgan fingerprint density at radius 3 is 2.45 bits per heavy atom. The van der Waals surface area contributed by atoms with Gasteiger partial charge in [0.05, 0.1) is 0 Å². The van der Waals surface area contributed by atoms with Crippen molar-refractivity contribution in [2.75, 3.05) is 6.54 Å². The van der Waals surface area contributed by atoms with Gasteiger partial charge in [0, 0.05) is 6.54 Å². The third-order valence-corrected chi connectivity index (χ3v) is 5.31. The zero-order valence-corrected chi connectivity index (χ0v) is 12.9. The molecule has 0 atom stereocenters. The van der Waals surface area contributed by atoms with Gasteiger partial charge >= 0.3 is 0 Å². The Kier molecular flexibility index (Phi) is 4.77. The summed E-state index contributed by atoms with van der Waals surface area (Å²) in [5.41, 5.74) is 3.03. The summed E-state index contributed by atoms with van der Waals surface area (Å²) in [6, 6.07) is 9.22. The molecule has 2 fully saturated rings. The van der Waals surface area contributed by atoms with E-state index in [1.54, 1.807) is 5.56 Å². The highest BCUT2D eigenvalue weighted by Crippen LogP contribution is 2.40. The third-order valence-electron chi connectivity index (χ3n) is 5.31. The Morgan fingerprint density at radius 1 is 1.00 bits per heavy atom. The second kappa shape index (κ2) is 6.76. The van der Waals surface area contributed by atoms with Gasteiger partial charge in [-0.05, 0) is 61.1 Å². The number of nitrogens with one attached hydrogen (secondary N) is 1. The fraction of sp³-hybridized carbons (Fsp3) is 0.684. The Bertz CT molecular complexity index is 414. The van der Waals surface area contributed by atoms with E-state index >= 15 is 0 Å². The monoisotopic (exact) mass is 271 g/mol. The van der Waals surface area contributed by atoms with Crippen LogP contribution < -0.4 is 5.32 Å². The Hall–Kier alpha value is -0.820. The fourth-order valence-corrected chi connectivity index (χ4v) is 3.64. The van der Waals surface area contributed by atoms with Crippen molar-refractivity contribution in [3.63, 3.8) is 0 Å². The van der Waals surface area contributed by atoms with Gasteiger partial charge in [0.15, 0.2) is 0 Å². The van der Waals surface area contributed by atoms with Crippen LogP contribution in [0, 0.1) is 11.8 Å². The summed E-state index contributed by atoms with van der Waals surface area (Å²) in [6.45, 7) is 4.61. The maximum absolute atomic E-state index is 3.69. The molecule has 0 radical (unpaired) electrons. The molecular formula is C19H29N. The molecule has 3 rings (SSSR count). The van der Waals surface area contributed by atoms with Crippen molar-refractivity contribution >= 4 is 0 Å². The summed E-state index contributed by atoms with van der Waals surface area (Å²) in [4.78, 5) is 0. The van der Waals surface area contributed by atoms with Crippen molar-refractivity contribution < 1.29 is 0 Å². The first-order valence-corrected chi connectivity index (χ1v) is 8.64. The van der Waals surface area contributed by atoms with Crippen molar-refractivity contribution in [1.29, 1.82) is 0 Å². The molecule has 2 aliphatic rings. The first-order valence-electron chi connectivity index (χ1n) is 8.64. The molecule has 110 valence electrons. The molecule has 0 aliphatic heterocycles. The van der Waals surface area contributed by atoms with E-state index in [4.69, 9.17) is 0 Å². The first kappa shape index (κ1) is 14.1. The van der Waals surface area contributed by atoms with Crippen LogP contribution in [0.2, 0.25) is 0 Å². The molecule has 1 aromatic rings. The van der Waals surface area contributed by atoms with Gasteiger partial charge in [-0.15, -0.1) is 0 Å². The lowest BCUT2D eigenvalue weighted by molar-refractivity contribution is 0.262. The summed E-state index contributed by atoms with van der Waals surface area (Å²) in [6.07, 6.45) is 9.98. The average molecular weight is 271 g/mol. The molecular weight excluding hydrogens is 242 g/mol. The average Bonchev–Trinajstić information content (AvgIpc) is 3.33. The van der Waals surface area contributed by atoms with Crippen LogP contribution in [-0.2, 0) is 6.54 Å². The molecule has 1 N–H and O–H groups in total. The fourth-order valence-electron chi connectivity index (χ4n) is 3.64. The Labute approximate surface area is 124 Å². The van der Waals surface area contributed by atoms with Gasteiger partial charge < -0.3 is 5.32 Å².